The average molecular weight is 562 g/mol. The fourth-order valence-electron chi connectivity index (χ4n) is 4.87. The summed E-state index contributed by atoms with van der Waals surface area (Å²) in [6.07, 6.45) is 9.07. The van der Waals surface area contributed by atoms with Crippen molar-refractivity contribution < 1.29 is 4.43 Å². The van der Waals surface area contributed by atoms with Crippen LogP contribution in [0.25, 0.3) is 0 Å². The van der Waals surface area contributed by atoms with Crippen LogP contribution in [0.4, 0.5) is 0 Å². The standard InChI is InChI=1S/C33H41BrOSi/c1-27(16-13-18-29-19-14-20-30(34)25-29)15-12-17-28(2)26-35-36(33(3,4)5,31-21-8-6-9-22-31)32-23-10-7-11-24-32/h6-11,14,16-17,19-25H,12-13,15,18,26H2,1-5H3/b27-16?,28-17+. The highest BCUT2D eigenvalue weighted by molar-refractivity contribution is 9.10. The lowest BCUT2D eigenvalue weighted by molar-refractivity contribution is 0.329. The van der Waals surface area contributed by atoms with E-state index in [1.165, 1.54) is 27.1 Å². The van der Waals surface area contributed by atoms with Gasteiger partial charge in [-0.05, 0) is 72.6 Å². The molecule has 0 amide bonds. The molecule has 190 valence electrons. The molecule has 0 aliphatic rings. The molecule has 3 aromatic carbocycles. The van der Waals surface area contributed by atoms with Gasteiger partial charge in [0.15, 0.2) is 0 Å². The van der Waals surface area contributed by atoms with Crippen LogP contribution in [0.3, 0.4) is 0 Å². The molecule has 0 atom stereocenters. The molecule has 0 saturated carbocycles. The summed E-state index contributed by atoms with van der Waals surface area (Å²) in [6, 6.07) is 30.4. The Balaban J connectivity index is 1.65. The van der Waals surface area contributed by atoms with E-state index in [9.17, 15) is 0 Å². The fraction of sp³-hybridized carbons (Fsp3) is 0.333. The molecule has 3 rings (SSSR count). The van der Waals surface area contributed by atoms with Crippen molar-refractivity contribution in [2.24, 2.45) is 0 Å². The van der Waals surface area contributed by atoms with Gasteiger partial charge in [-0.3, -0.25) is 0 Å². The van der Waals surface area contributed by atoms with Crippen LogP contribution in [0.1, 0.15) is 59.4 Å². The first-order valence-corrected chi connectivity index (χ1v) is 15.7. The molecule has 36 heavy (non-hydrogen) atoms. The van der Waals surface area contributed by atoms with E-state index in [1.807, 2.05) is 0 Å². The third-order valence-corrected chi connectivity index (χ3v) is 12.3. The second-order valence-electron chi connectivity index (χ2n) is 10.8. The van der Waals surface area contributed by atoms with Crippen molar-refractivity contribution >= 4 is 34.6 Å². The maximum absolute atomic E-state index is 7.06. The lowest BCUT2D eigenvalue weighted by atomic mass is 10.1. The van der Waals surface area contributed by atoms with Crippen LogP contribution in [0, 0.1) is 0 Å². The minimum absolute atomic E-state index is 0.00362. The summed E-state index contributed by atoms with van der Waals surface area (Å²) in [4.78, 5) is 0. The average Bonchev–Trinajstić information content (AvgIpc) is 2.85. The largest absolute Gasteiger partial charge is 0.403 e. The lowest BCUT2D eigenvalue weighted by Crippen LogP contribution is -2.66. The summed E-state index contributed by atoms with van der Waals surface area (Å²) in [7, 11) is -2.48. The molecule has 0 aliphatic heterocycles. The molecule has 0 N–H and O–H groups in total. The third-order valence-electron chi connectivity index (χ3n) is 6.78. The van der Waals surface area contributed by atoms with Crippen molar-refractivity contribution in [3.8, 4) is 0 Å². The van der Waals surface area contributed by atoms with Gasteiger partial charge in [0, 0.05) is 4.47 Å². The summed E-state index contributed by atoms with van der Waals surface area (Å²) in [6.45, 7) is 12.1. The molecule has 0 fully saturated rings. The summed E-state index contributed by atoms with van der Waals surface area (Å²) >= 11 is 3.56. The Morgan fingerprint density at radius 3 is 1.92 bits per heavy atom. The van der Waals surface area contributed by atoms with Crippen LogP contribution in [-0.2, 0) is 10.8 Å². The van der Waals surface area contributed by atoms with E-state index in [1.54, 1.807) is 0 Å². The van der Waals surface area contributed by atoms with Crippen LogP contribution < -0.4 is 10.4 Å². The monoisotopic (exact) mass is 560 g/mol. The molecular formula is C33H41BrOSi. The van der Waals surface area contributed by atoms with Gasteiger partial charge < -0.3 is 4.43 Å². The van der Waals surface area contributed by atoms with E-state index in [0.29, 0.717) is 6.61 Å². The Bertz CT molecular complexity index is 1100. The van der Waals surface area contributed by atoms with Crippen molar-refractivity contribution in [1.29, 1.82) is 0 Å². The Hall–Kier alpha value is -2.20. The molecule has 0 spiro atoms. The first-order chi connectivity index (χ1) is 17.2. The van der Waals surface area contributed by atoms with Gasteiger partial charge in [-0.25, -0.2) is 0 Å². The molecule has 0 saturated heterocycles. The predicted octanol–water partition coefficient (Wildman–Crippen LogP) is 8.63. The fourth-order valence-corrected chi connectivity index (χ4v) is 9.91. The van der Waals surface area contributed by atoms with E-state index >= 15 is 0 Å². The molecule has 1 nitrogen and oxygen atoms in total. The number of halogens is 1. The van der Waals surface area contributed by atoms with Gasteiger partial charge in [-0.15, -0.1) is 0 Å². The second kappa shape index (κ2) is 13.4. The van der Waals surface area contributed by atoms with E-state index in [2.05, 4.69) is 148 Å². The quantitative estimate of drug-likeness (QED) is 0.168. The maximum Gasteiger partial charge on any atom is 0.261 e. The summed E-state index contributed by atoms with van der Waals surface area (Å²) in [5, 5.41) is 2.67. The first-order valence-electron chi connectivity index (χ1n) is 13.0. The van der Waals surface area contributed by atoms with Gasteiger partial charge in [0.25, 0.3) is 8.32 Å². The van der Waals surface area contributed by atoms with Gasteiger partial charge >= 0.3 is 0 Å². The van der Waals surface area contributed by atoms with Gasteiger partial charge in [0.1, 0.15) is 0 Å². The molecule has 0 aromatic heterocycles. The summed E-state index contributed by atoms with van der Waals surface area (Å²) in [5.74, 6) is 0. The first kappa shape index (κ1) is 28.4. The highest BCUT2D eigenvalue weighted by Gasteiger charge is 2.50. The van der Waals surface area contributed by atoms with Crippen LogP contribution in [-0.4, -0.2) is 14.9 Å². The Morgan fingerprint density at radius 1 is 0.778 bits per heavy atom. The number of rotatable bonds is 11. The van der Waals surface area contributed by atoms with Crippen molar-refractivity contribution in [2.45, 2.75) is 65.3 Å². The molecule has 3 aromatic rings. The normalized spacial score (nSPS) is 13.2. The number of benzene rings is 3. The molecule has 0 heterocycles. The van der Waals surface area contributed by atoms with Crippen LogP contribution >= 0.6 is 15.9 Å². The smallest absolute Gasteiger partial charge is 0.261 e. The molecule has 0 radical (unpaired) electrons. The topological polar surface area (TPSA) is 9.23 Å². The Labute approximate surface area is 228 Å². The van der Waals surface area contributed by atoms with Gasteiger partial charge in [-0.2, -0.15) is 0 Å². The molecule has 0 bridgehead atoms. The zero-order valence-corrected chi connectivity index (χ0v) is 25.1. The number of hydrogen-bond donors (Lipinski definition) is 0. The minimum atomic E-state index is -2.48. The zero-order chi connectivity index (χ0) is 26.0. The predicted molar refractivity (Wildman–Crippen MR) is 163 cm³/mol. The molecule has 3 heteroatoms. The van der Waals surface area contributed by atoms with Gasteiger partial charge in [-0.1, -0.05) is 133 Å². The van der Waals surface area contributed by atoms with E-state index in [-0.39, 0.29) is 5.04 Å². The van der Waals surface area contributed by atoms with Crippen molar-refractivity contribution in [3.05, 3.63) is 118 Å². The SMILES string of the molecule is CC(=CCCc1cccc(Br)c1)CC/C=C(\C)CO[Si](c1ccccc1)(c1ccccc1)C(C)(C)C. The number of hydrogen-bond acceptors (Lipinski definition) is 1. The Kier molecular flexibility index (Phi) is 10.5. The highest BCUT2D eigenvalue weighted by atomic mass is 79.9. The summed E-state index contributed by atoms with van der Waals surface area (Å²) < 4.78 is 8.22. The van der Waals surface area contributed by atoms with Crippen LogP contribution in [0.5, 0.6) is 0 Å². The van der Waals surface area contributed by atoms with Crippen LogP contribution in [0.15, 0.2) is 113 Å². The Morgan fingerprint density at radius 2 is 1.36 bits per heavy atom. The van der Waals surface area contributed by atoms with E-state index in [4.69, 9.17) is 4.43 Å². The molecule has 0 unspecified atom stereocenters. The maximum atomic E-state index is 7.06. The van der Waals surface area contributed by atoms with Gasteiger partial charge in [0.05, 0.1) is 6.61 Å². The molecular weight excluding hydrogens is 520 g/mol. The van der Waals surface area contributed by atoms with Crippen molar-refractivity contribution in [3.63, 3.8) is 0 Å². The highest BCUT2D eigenvalue weighted by Crippen LogP contribution is 2.37. The van der Waals surface area contributed by atoms with E-state index < -0.39 is 8.32 Å². The third kappa shape index (κ3) is 7.65. The summed E-state index contributed by atoms with van der Waals surface area (Å²) in [5.41, 5.74) is 4.15. The zero-order valence-electron chi connectivity index (χ0n) is 22.6. The number of aryl methyl sites for hydroxylation is 1. The number of allylic oxidation sites excluding steroid dienone is 3. The van der Waals surface area contributed by atoms with Crippen molar-refractivity contribution in [2.75, 3.05) is 6.61 Å². The molecule has 0 aliphatic carbocycles. The van der Waals surface area contributed by atoms with Crippen molar-refractivity contribution in [1.82, 2.24) is 0 Å². The van der Waals surface area contributed by atoms with E-state index in [0.717, 1.165) is 30.2 Å². The second-order valence-corrected chi connectivity index (χ2v) is 16.0. The lowest BCUT2D eigenvalue weighted by Gasteiger charge is -2.43. The van der Waals surface area contributed by atoms with Gasteiger partial charge in [0.2, 0.25) is 0 Å². The van der Waals surface area contributed by atoms with Crippen LogP contribution in [0.2, 0.25) is 5.04 Å². The minimum Gasteiger partial charge on any atom is -0.403 e.